The van der Waals surface area contributed by atoms with Crippen LogP contribution in [0.4, 0.5) is 5.82 Å². The van der Waals surface area contributed by atoms with Gasteiger partial charge in [-0.1, -0.05) is 0 Å². The van der Waals surface area contributed by atoms with E-state index in [0.29, 0.717) is 12.1 Å². The molecule has 0 bridgehead atoms. The van der Waals surface area contributed by atoms with E-state index in [9.17, 15) is 0 Å². The smallest absolute Gasteiger partial charge is 0.171 e. The van der Waals surface area contributed by atoms with Crippen LogP contribution in [0, 0.1) is 0 Å². The standard InChI is InChI=1S/C13H21N3O/c1-16(11-7-5-10(14)6-8-11)13-12(17-2)4-3-9-15-13/h3-4,9-11H,5-8,14H2,1-2H3. The minimum atomic E-state index is 0.380. The van der Waals surface area contributed by atoms with E-state index < -0.39 is 0 Å². The maximum atomic E-state index is 5.93. The van der Waals surface area contributed by atoms with Crippen LogP contribution in [0.5, 0.6) is 5.75 Å². The lowest BCUT2D eigenvalue weighted by molar-refractivity contribution is 0.375. The van der Waals surface area contributed by atoms with Gasteiger partial charge in [0.25, 0.3) is 0 Å². The molecule has 1 aliphatic rings. The van der Waals surface area contributed by atoms with Gasteiger partial charge in [-0.3, -0.25) is 0 Å². The molecule has 0 amide bonds. The third kappa shape index (κ3) is 2.69. The summed E-state index contributed by atoms with van der Waals surface area (Å²) in [5, 5.41) is 0. The summed E-state index contributed by atoms with van der Waals surface area (Å²) >= 11 is 0. The topological polar surface area (TPSA) is 51.4 Å². The summed E-state index contributed by atoms with van der Waals surface area (Å²) in [7, 11) is 3.78. The van der Waals surface area contributed by atoms with E-state index in [1.54, 1.807) is 7.11 Å². The van der Waals surface area contributed by atoms with Crippen molar-refractivity contribution in [2.75, 3.05) is 19.1 Å². The van der Waals surface area contributed by atoms with E-state index in [4.69, 9.17) is 10.5 Å². The van der Waals surface area contributed by atoms with E-state index in [2.05, 4.69) is 16.9 Å². The lowest BCUT2D eigenvalue weighted by atomic mass is 9.91. The number of pyridine rings is 1. The van der Waals surface area contributed by atoms with E-state index >= 15 is 0 Å². The number of hydrogen-bond donors (Lipinski definition) is 1. The van der Waals surface area contributed by atoms with Gasteiger partial charge >= 0.3 is 0 Å². The van der Waals surface area contributed by atoms with Crippen LogP contribution in [0.2, 0.25) is 0 Å². The summed E-state index contributed by atoms with van der Waals surface area (Å²) in [6.07, 6.45) is 6.28. The lowest BCUT2D eigenvalue weighted by Gasteiger charge is -2.34. The number of ether oxygens (including phenoxy) is 1. The van der Waals surface area contributed by atoms with Crippen LogP contribution in [0.15, 0.2) is 18.3 Å². The molecular formula is C13H21N3O. The van der Waals surface area contributed by atoms with Gasteiger partial charge in [0.05, 0.1) is 7.11 Å². The molecule has 1 aromatic heterocycles. The molecule has 2 N–H and O–H groups in total. The number of aromatic nitrogens is 1. The second-order valence-electron chi connectivity index (χ2n) is 4.71. The van der Waals surface area contributed by atoms with Crippen molar-refractivity contribution < 1.29 is 4.74 Å². The Kier molecular flexibility index (Phi) is 3.84. The maximum absolute atomic E-state index is 5.93. The van der Waals surface area contributed by atoms with Crippen molar-refractivity contribution in [3.8, 4) is 5.75 Å². The molecule has 1 aliphatic carbocycles. The second kappa shape index (κ2) is 5.36. The van der Waals surface area contributed by atoms with Crippen molar-refractivity contribution in [1.82, 2.24) is 4.98 Å². The molecule has 0 saturated heterocycles. The van der Waals surface area contributed by atoms with Crippen LogP contribution < -0.4 is 15.4 Å². The summed E-state index contributed by atoms with van der Waals surface area (Å²) in [5.41, 5.74) is 5.93. The van der Waals surface area contributed by atoms with Gasteiger partial charge < -0.3 is 15.4 Å². The highest BCUT2D eigenvalue weighted by atomic mass is 16.5. The Morgan fingerprint density at radius 1 is 1.35 bits per heavy atom. The van der Waals surface area contributed by atoms with Crippen LogP contribution in [0.3, 0.4) is 0 Å². The van der Waals surface area contributed by atoms with Crippen LogP contribution in [-0.2, 0) is 0 Å². The van der Waals surface area contributed by atoms with Gasteiger partial charge in [0.2, 0.25) is 0 Å². The fraction of sp³-hybridized carbons (Fsp3) is 0.615. The van der Waals surface area contributed by atoms with Crippen molar-refractivity contribution in [2.45, 2.75) is 37.8 Å². The number of nitrogens with zero attached hydrogens (tertiary/aromatic N) is 2. The normalized spacial score (nSPS) is 24.4. The zero-order chi connectivity index (χ0) is 12.3. The van der Waals surface area contributed by atoms with Crippen LogP contribution in [0.25, 0.3) is 0 Å². The van der Waals surface area contributed by atoms with Crippen molar-refractivity contribution >= 4 is 5.82 Å². The quantitative estimate of drug-likeness (QED) is 0.868. The Labute approximate surface area is 103 Å². The molecule has 1 aromatic rings. The Morgan fingerprint density at radius 3 is 2.71 bits per heavy atom. The molecule has 0 atom stereocenters. The third-order valence-corrected chi connectivity index (χ3v) is 3.59. The first-order valence-corrected chi connectivity index (χ1v) is 6.19. The number of hydrogen-bond acceptors (Lipinski definition) is 4. The van der Waals surface area contributed by atoms with Gasteiger partial charge in [-0.15, -0.1) is 0 Å². The molecule has 1 fully saturated rings. The Bertz CT molecular complexity index is 361. The number of nitrogens with two attached hydrogens (primary N) is 1. The Balaban J connectivity index is 2.10. The molecule has 1 saturated carbocycles. The monoisotopic (exact) mass is 235 g/mol. The largest absolute Gasteiger partial charge is 0.493 e. The third-order valence-electron chi connectivity index (χ3n) is 3.59. The predicted molar refractivity (Wildman–Crippen MR) is 69.4 cm³/mol. The second-order valence-corrected chi connectivity index (χ2v) is 4.71. The lowest BCUT2D eigenvalue weighted by Crippen LogP contribution is -2.39. The summed E-state index contributed by atoms with van der Waals surface area (Å²) in [5.74, 6) is 1.76. The average Bonchev–Trinajstić information content (AvgIpc) is 2.39. The van der Waals surface area contributed by atoms with E-state index in [1.165, 1.54) is 0 Å². The molecule has 0 radical (unpaired) electrons. The number of rotatable bonds is 3. The molecule has 17 heavy (non-hydrogen) atoms. The maximum Gasteiger partial charge on any atom is 0.171 e. The van der Waals surface area contributed by atoms with Crippen molar-refractivity contribution in [3.05, 3.63) is 18.3 Å². The molecule has 0 aromatic carbocycles. The molecule has 0 aliphatic heterocycles. The number of methoxy groups -OCH3 is 1. The first-order valence-electron chi connectivity index (χ1n) is 6.19. The molecule has 4 nitrogen and oxygen atoms in total. The molecule has 94 valence electrons. The van der Waals surface area contributed by atoms with Gasteiger partial charge in [-0.2, -0.15) is 0 Å². The highest BCUT2D eigenvalue weighted by Gasteiger charge is 2.24. The molecule has 4 heteroatoms. The molecule has 0 unspecified atom stereocenters. The molecular weight excluding hydrogens is 214 g/mol. The molecule has 0 spiro atoms. The van der Waals surface area contributed by atoms with E-state index in [-0.39, 0.29) is 0 Å². The van der Waals surface area contributed by atoms with Gasteiger partial charge in [-0.05, 0) is 37.8 Å². The average molecular weight is 235 g/mol. The summed E-state index contributed by atoms with van der Waals surface area (Å²) in [4.78, 5) is 6.64. The summed E-state index contributed by atoms with van der Waals surface area (Å²) in [6, 6.07) is 4.75. The van der Waals surface area contributed by atoms with Gasteiger partial charge in [-0.25, -0.2) is 4.98 Å². The Hall–Kier alpha value is -1.29. The molecule has 1 heterocycles. The minimum absolute atomic E-state index is 0.380. The fourth-order valence-corrected chi connectivity index (χ4v) is 2.47. The first-order chi connectivity index (χ1) is 8.22. The highest BCUT2D eigenvalue weighted by molar-refractivity contribution is 5.52. The molecule has 2 rings (SSSR count). The zero-order valence-corrected chi connectivity index (χ0v) is 10.6. The van der Waals surface area contributed by atoms with Gasteiger partial charge in [0.15, 0.2) is 11.6 Å². The summed E-state index contributed by atoms with van der Waals surface area (Å²) < 4.78 is 5.35. The van der Waals surface area contributed by atoms with Crippen molar-refractivity contribution in [1.29, 1.82) is 0 Å². The summed E-state index contributed by atoms with van der Waals surface area (Å²) in [6.45, 7) is 0. The SMILES string of the molecule is COc1cccnc1N(C)C1CCC(N)CC1. The van der Waals surface area contributed by atoms with Crippen LogP contribution in [0.1, 0.15) is 25.7 Å². The first kappa shape index (κ1) is 12.2. The fourth-order valence-electron chi connectivity index (χ4n) is 2.47. The minimum Gasteiger partial charge on any atom is -0.493 e. The van der Waals surface area contributed by atoms with Crippen LogP contribution in [-0.4, -0.2) is 31.2 Å². The number of anilines is 1. The van der Waals surface area contributed by atoms with Gasteiger partial charge in [0.1, 0.15) is 0 Å². The van der Waals surface area contributed by atoms with Crippen molar-refractivity contribution in [2.24, 2.45) is 5.73 Å². The highest BCUT2D eigenvalue weighted by Crippen LogP contribution is 2.30. The Morgan fingerprint density at radius 2 is 2.06 bits per heavy atom. The van der Waals surface area contributed by atoms with Crippen molar-refractivity contribution in [3.63, 3.8) is 0 Å². The predicted octanol–water partition coefficient (Wildman–Crippen LogP) is 1.80. The van der Waals surface area contributed by atoms with Crippen LogP contribution >= 0.6 is 0 Å². The van der Waals surface area contributed by atoms with Gasteiger partial charge in [0, 0.05) is 25.3 Å². The zero-order valence-electron chi connectivity index (χ0n) is 10.6. The van der Waals surface area contributed by atoms with E-state index in [0.717, 1.165) is 37.3 Å². The van der Waals surface area contributed by atoms with E-state index in [1.807, 2.05) is 18.3 Å².